The normalized spacial score (nSPS) is 6.00. The Bertz CT molecular complexity index is 11.6. The molecule has 0 spiro atoms. The zero-order valence-electron chi connectivity index (χ0n) is 2.98. The van der Waals surface area contributed by atoms with E-state index in [1.807, 2.05) is 0 Å². The molecule has 0 aliphatic heterocycles. The summed E-state index contributed by atoms with van der Waals surface area (Å²) in [4.78, 5) is 0. The van der Waals surface area contributed by atoms with Gasteiger partial charge in [0.05, 0.1) is 0 Å². The molecule has 1 nitrogen and oxygen atoms in total. The molecule has 1 radical (unpaired) electrons. The molecule has 0 fully saturated rings. The van der Waals surface area contributed by atoms with Crippen molar-refractivity contribution >= 4 is 12.6 Å². The summed E-state index contributed by atoms with van der Waals surface area (Å²) in [5.41, 5.74) is 4.92. The summed E-state index contributed by atoms with van der Waals surface area (Å²) in [5.74, 6) is 0.681. The molecular formula is C2H6NSY-. The minimum atomic E-state index is 0. The van der Waals surface area contributed by atoms with Crippen molar-refractivity contribution in [3.8, 4) is 0 Å². The molecule has 0 bridgehead atoms. The predicted octanol–water partition coefficient (Wildman–Crippen LogP) is -0.510. The molecular weight excluding hydrogens is 159 g/mol. The molecule has 0 aliphatic rings. The van der Waals surface area contributed by atoms with Gasteiger partial charge in [-0.2, -0.15) is 5.75 Å². The molecule has 0 aromatic heterocycles. The van der Waals surface area contributed by atoms with Crippen LogP contribution in [0.3, 0.4) is 0 Å². The van der Waals surface area contributed by atoms with E-state index in [-0.39, 0.29) is 32.7 Å². The number of hydrogen-bond acceptors (Lipinski definition) is 2. The first-order valence-corrected chi connectivity index (χ1v) is 1.77. The van der Waals surface area contributed by atoms with E-state index in [1.165, 1.54) is 0 Å². The van der Waals surface area contributed by atoms with Gasteiger partial charge in [-0.25, -0.2) is 0 Å². The molecule has 0 saturated carbocycles. The van der Waals surface area contributed by atoms with Gasteiger partial charge < -0.3 is 18.4 Å². The summed E-state index contributed by atoms with van der Waals surface area (Å²) < 4.78 is 0. The van der Waals surface area contributed by atoms with Crippen molar-refractivity contribution in [1.82, 2.24) is 0 Å². The third-order valence-corrected chi connectivity index (χ3v) is 0.354. The van der Waals surface area contributed by atoms with Crippen molar-refractivity contribution in [2.24, 2.45) is 5.73 Å². The predicted molar refractivity (Wildman–Crippen MR) is 21.3 cm³/mol. The molecule has 0 rings (SSSR count). The van der Waals surface area contributed by atoms with Gasteiger partial charge in [-0.05, 0) is 6.54 Å². The molecule has 0 aliphatic carbocycles. The standard InChI is InChI=1S/C2H7NS.Y/c3-1-2-4;/h4H,1-3H2;/p-1. The average molecular weight is 165 g/mol. The van der Waals surface area contributed by atoms with Gasteiger partial charge in [-0.1, -0.05) is 0 Å². The maximum Gasteiger partial charge on any atom is 0 e. The van der Waals surface area contributed by atoms with E-state index in [9.17, 15) is 0 Å². The molecule has 0 heterocycles. The van der Waals surface area contributed by atoms with E-state index < -0.39 is 0 Å². The van der Waals surface area contributed by atoms with Gasteiger partial charge in [-0.3, -0.25) is 0 Å². The second-order valence-electron chi connectivity index (χ2n) is 0.493. The molecule has 0 aromatic carbocycles. The van der Waals surface area contributed by atoms with Gasteiger partial charge >= 0.3 is 0 Å². The minimum Gasteiger partial charge on any atom is -0.791 e. The van der Waals surface area contributed by atoms with Crippen molar-refractivity contribution in [1.29, 1.82) is 0 Å². The Morgan fingerprint density at radius 3 is 1.80 bits per heavy atom. The van der Waals surface area contributed by atoms with E-state index in [0.29, 0.717) is 12.3 Å². The summed E-state index contributed by atoms with van der Waals surface area (Å²) in [7, 11) is 0. The van der Waals surface area contributed by atoms with Crippen LogP contribution in [0.1, 0.15) is 0 Å². The summed E-state index contributed by atoms with van der Waals surface area (Å²) in [5, 5.41) is 0. The van der Waals surface area contributed by atoms with E-state index in [0.717, 1.165) is 0 Å². The van der Waals surface area contributed by atoms with Crippen LogP contribution in [0.2, 0.25) is 0 Å². The first-order chi connectivity index (χ1) is 1.91. The van der Waals surface area contributed by atoms with Crippen LogP contribution in [0, 0.1) is 0 Å². The fourth-order valence-corrected chi connectivity index (χ4v) is 0. The molecule has 0 amide bonds. The van der Waals surface area contributed by atoms with Gasteiger partial charge in [0, 0.05) is 32.7 Å². The van der Waals surface area contributed by atoms with Crippen LogP contribution in [0.5, 0.6) is 0 Å². The molecule has 0 saturated heterocycles. The van der Waals surface area contributed by atoms with Crippen LogP contribution < -0.4 is 5.73 Å². The van der Waals surface area contributed by atoms with Gasteiger partial charge in [-0.15, -0.1) is 0 Å². The topological polar surface area (TPSA) is 26.0 Å². The van der Waals surface area contributed by atoms with Crippen molar-refractivity contribution in [2.45, 2.75) is 0 Å². The van der Waals surface area contributed by atoms with Crippen LogP contribution in [0.4, 0.5) is 0 Å². The zero-order chi connectivity index (χ0) is 3.41. The zero-order valence-corrected chi connectivity index (χ0v) is 6.63. The SMILES string of the molecule is NCC[S-].[Y]. The summed E-state index contributed by atoms with van der Waals surface area (Å²) in [6, 6.07) is 0. The maximum absolute atomic E-state index is 4.92. The minimum absolute atomic E-state index is 0. The van der Waals surface area contributed by atoms with Crippen molar-refractivity contribution in [3.05, 3.63) is 0 Å². The second-order valence-corrected chi connectivity index (χ2v) is 0.901. The Labute approximate surface area is 63.0 Å². The molecule has 29 valence electrons. The summed E-state index contributed by atoms with van der Waals surface area (Å²) >= 11 is 4.43. The Hall–Kier alpha value is 1.41. The molecule has 0 unspecified atom stereocenters. The van der Waals surface area contributed by atoms with Gasteiger partial charge in [0.15, 0.2) is 0 Å². The number of nitrogens with two attached hydrogens (primary N) is 1. The van der Waals surface area contributed by atoms with Crippen molar-refractivity contribution < 1.29 is 32.7 Å². The second kappa shape index (κ2) is 9.05. The van der Waals surface area contributed by atoms with E-state index >= 15 is 0 Å². The van der Waals surface area contributed by atoms with E-state index in [1.54, 1.807) is 0 Å². The number of hydrogen-bond donors (Lipinski definition) is 1. The Morgan fingerprint density at radius 1 is 1.60 bits per heavy atom. The Balaban J connectivity index is 0. The van der Waals surface area contributed by atoms with Gasteiger partial charge in [0.1, 0.15) is 0 Å². The number of rotatable bonds is 1. The van der Waals surface area contributed by atoms with Crippen LogP contribution in [-0.4, -0.2) is 12.3 Å². The molecule has 0 atom stereocenters. The maximum atomic E-state index is 4.92. The molecule has 2 N–H and O–H groups in total. The quantitative estimate of drug-likeness (QED) is 0.529. The van der Waals surface area contributed by atoms with Gasteiger partial charge in [0.2, 0.25) is 0 Å². The monoisotopic (exact) mass is 165 g/mol. The van der Waals surface area contributed by atoms with Crippen LogP contribution in [0.25, 0.3) is 0 Å². The summed E-state index contributed by atoms with van der Waals surface area (Å²) in [6.07, 6.45) is 0. The Kier molecular flexibility index (Phi) is 17.5. The van der Waals surface area contributed by atoms with Crippen LogP contribution in [0.15, 0.2) is 0 Å². The molecule has 3 heteroatoms. The Morgan fingerprint density at radius 2 is 1.80 bits per heavy atom. The molecule has 0 aromatic rings. The van der Waals surface area contributed by atoms with E-state index in [4.69, 9.17) is 5.73 Å². The smallest absolute Gasteiger partial charge is 0 e. The van der Waals surface area contributed by atoms with Crippen molar-refractivity contribution in [2.75, 3.05) is 12.3 Å². The fraction of sp³-hybridized carbons (Fsp3) is 1.00. The third kappa shape index (κ3) is 10.8. The fourth-order valence-electron chi connectivity index (χ4n) is 0. The third-order valence-electron chi connectivity index (χ3n) is 0.118. The first kappa shape index (κ1) is 9.65. The largest absolute Gasteiger partial charge is 0.791 e. The first-order valence-electron chi connectivity index (χ1n) is 1.20. The molecule has 5 heavy (non-hydrogen) atoms. The van der Waals surface area contributed by atoms with Crippen LogP contribution in [-0.2, 0) is 45.3 Å². The van der Waals surface area contributed by atoms with Crippen molar-refractivity contribution in [3.63, 3.8) is 0 Å². The summed E-state index contributed by atoms with van der Waals surface area (Å²) in [6.45, 7) is 0.634. The van der Waals surface area contributed by atoms with E-state index in [2.05, 4.69) is 12.6 Å². The average Bonchev–Trinajstić information content (AvgIpc) is 1.37. The van der Waals surface area contributed by atoms with Gasteiger partial charge in [0.25, 0.3) is 0 Å². The van der Waals surface area contributed by atoms with Crippen LogP contribution >= 0.6 is 0 Å².